The summed E-state index contributed by atoms with van der Waals surface area (Å²) in [5.74, 6) is -0.462. The van der Waals surface area contributed by atoms with Crippen LogP contribution >= 0.6 is 0 Å². The van der Waals surface area contributed by atoms with Gasteiger partial charge in [0.15, 0.2) is 0 Å². The largest absolute Gasteiger partial charge is 0.347 e. The molecule has 2 amide bonds. The van der Waals surface area contributed by atoms with E-state index >= 15 is 0 Å². The minimum Gasteiger partial charge on any atom is -0.347 e. The van der Waals surface area contributed by atoms with Crippen molar-refractivity contribution in [2.24, 2.45) is 0 Å². The molecule has 24 heavy (non-hydrogen) atoms. The first-order valence-corrected chi connectivity index (χ1v) is 7.91. The molecule has 5 nitrogen and oxygen atoms in total. The van der Waals surface area contributed by atoms with Gasteiger partial charge in [-0.2, -0.15) is 0 Å². The number of fused-ring (bicyclic) bond motifs is 1. The molecule has 1 aliphatic heterocycles. The molecule has 0 saturated heterocycles. The highest BCUT2D eigenvalue weighted by atomic mass is 16.2. The minimum atomic E-state index is -0.312. The highest BCUT2D eigenvalue weighted by molar-refractivity contribution is 5.96. The van der Waals surface area contributed by atoms with Crippen molar-refractivity contribution < 1.29 is 9.59 Å². The summed E-state index contributed by atoms with van der Waals surface area (Å²) in [5.41, 5.74) is 2.98. The Bertz CT molecular complexity index is 786. The minimum absolute atomic E-state index is 0.150. The van der Waals surface area contributed by atoms with Crippen molar-refractivity contribution in [2.45, 2.75) is 13.0 Å². The molecule has 0 atom stereocenters. The molecule has 1 aliphatic rings. The van der Waals surface area contributed by atoms with E-state index in [0.29, 0.717) is 25.3 Å². The summed E-state index contributed by atoms with van der Waals surface area (Å²) in [5, 5.41) is 2.66. The van der Waals surface area contributed by atoms with Gasteiger partial charge < -0.3 is 10.2 Å². The summed E-state index contributed by atoms with van der Waals surface area (Å²) in [6.45, 7) is 5.15. The van der Waals surface area contributed by atoms with Gasteiger partial charge >= 0.3 is 0 Å². The van der Waals surface area contributed by atoms with Crippen molar-refractivity contribution in [2.75, 3.05) is 13.1 Å². The number of amides is 2. The molecule has 2 heterocycles. The Morgan fingerprint density at radius 3 is 2.67 bits per heavy atom. The average Bonchev–Trinajstić information content (AvgIpc) is 2.65. The SMILES string of the molecule is C=CCNC(=O)c1cccc(C(=O)N2CCc3ccccc3C2)n1. The van der Waals surface area contributed by atoms with Gasteiger partial charge in [0.2, 0.25) is 0 Å². The molecule has 1 aromatic heterocycles. The van der Waals surface area contributed by atoms with Crippen LogP contribution in [0.2, 0.25) is 0 Å². The summed E-state index contributed by atoms with van der Waals surface area (Å²) in [7, 11) is 0. The standard InChI is InChI=1S/C19H19N3O2/c1-2-11-20-18(23)16-8-5-9-17(21-16)19(24)22-12-10-14-6-3-4-7-15(14)13-22/h2-9H,1,10-13H2,(H,20,23). The van der Waals surface area contributed by atoms with Crippen LogP contribution in [0.15, 0.2) is 55.1 Å². The second kappa shape index (κ2) is 7.08. The molecule has 3 rings (SSSR count). The fraction of sp³-hybridized carbons (Fsp3) is 0.211. The summed E-state index contributed by atoms with van der Waals surface area (Å²) < 4.78 is 0. The molecule has 0 aliphatic carbocycles. The maximum absolute atomic E-state index is 12.7. The molecular weight excluding hydrogens is 302 g/mol. The second-order valence-corrected chi connectivity index (χ2v) is 5.65. The maximum Gasteiger partial charge on any atom is 0.272 e. The van der Waals surface area contributed by atoms with Crippen LogP contribution < -0.4 is 5.32 Å². The van der Waals surface area contributed by atoms with E-state index in [-0.39, 0.29) is 17.5 Å². The number of nitrogens with one attached hydrogen (secondary N) is 1. The van der Waals surface area contributed by atoms with Crippen LogP contribution in [0.5, 0.6) is 0 Å². The van der Waals surface area contributed by atoms with Gasteiger partial charge in [0.1, 0.15) is 11.4 Å². The van der Waals surface area contributed by atoms with Crippen LogP contribution in [0.3, 0.4) is 0 Å². The number of hydrogen-bond donors (Lipinski definition) is 1. The van der Waals surface area contributed by atoms with Crippen LogP contribution in [0, 0.1) is 0 Å². The number of nitrogens with zero attached hydrogens (tertiary/aromatic N) is 2. The average molecular weight is 321 g/mol. The van der Waals surface area contributed by atoms with E-state index in [2.05, 4.69) is 22.9 Å². The third kappa shape index (κ3) is 3.35. The summed E-state index contributed by atoms with van der Waals surface area (Å²) in [6.07, 6.45) is 2.43. The van der Waals surface area contributed by atoms with Gasteiger partial charge in [0.25, 0.3) is 11.8 Å². The highest BCUT2D eigenvalue weighted by Gasteiger charge is 2.23. The van der Waals surface area contributed by atoms with Crippen molar-refractivity contribution in [3.8, 4) is 0 Å². The van der Waals surface area contributed by atoms with Crippen molar-refractivity contribution in [1.82, 2.24) is 15.2 Å². The number of rotatable bonds is 4. The third-order valence-electron chi connectivity index (χ3n) is 4.03. The van der Waals surface area contributed by atoms with Crippen molar-refractivity contribution >= 4 is 11.8 Å². The van der Waals surface area contributed by atoms with E-state index in [1.165, 1.54) is 5.56 Å². The molecule has 0 radical (unpaired) electrons. The molecule has 1 aromatic carbocycles. The highest BCUT2D eigenvalue weighted by Crippen LogP contribution is 2.19. The lowest BCUT2D eigenvalue weighted by Crippen LogP contribution is -2.36. The van der Waals surface area contributed by atoms with Crippen LogP contribution in [0.4, 0.5) is 0 Å². The number of carbonyl (C=O) groups excluding carboxylic acids is 2. The predicted octanol–water partition coefficient (Wildman–Crippen LogP) is 2.20. The smallest absolute Gasteiger partial charge is 0.272 e. The van der Waals surface area contributed by atoms with Crippen LogP contribution in [0.1, 0.15) is 32.1 Å². The second-order valence-electron chi connectivity index (χ2n) is 5.65. The fourth-order valence-corrected chi connectivity index (χ4v) is 2.77. The Morgan fingerprint density at radius 2 is 1.88 bits per heavy atom. The molecule has 0 unspecified atom stereocenters. The first kappa shape index (κ1) is 15.9. The zero-order chi connectivity index (χ0) is 16.9. The first-order chi connectivity index (χ1) is 11.7. The van der Waals surface area contributed by atoms with Crippen LogP contribution in [-0.4, -0.2) is 34.8 Å². The molecule has 0 saturated carbocycles. The molecule has 0 bridgehead atoms. The van der Waals surface area contributed by atoms with E-state index in [9.17, 15) is 9.59 Å². The summed E-state index contributed by atoms with van der Waals surface area (Å²) >= 11 is 0. The van der Waals surface area contributed by atoms with E-state index in [4.69, 9.17) is 0 Å². The topological polar surface area (TPSA) is 62.3 Å². The van der Waals surface area contributed by atoms with Crippen LogP contribution in [-0.2, 0) is 13.0 Å². The zero-order valence-electron chi connectivity index (χ0n) is 13.4. The maximum atomic E-state index is 12.7. The fourth-order valence-electron chi connectivity index (χ4n) is 2.77. The van der Waals surface area contributed by atoms with Crippen molar-refractivity contribution in [3.63, 3.8) is 0 Å². The third-order valence-corrected chi connectivity index (χ3v) is 4.03. The first-order valence-electron chi connectivity index (χ1n) is 7.91. The summed E-state index contributed by atoms with van der Waals surface area (Å²) in [6, 6.07) is 13.1. The molecular formula is C19H19N3O2. The number of hydrogen-bond acceptors (Lipinski definition) is 3. The van der Waals surface area contributed by atoms with E-state index in [1.54, 1.807) is 29.2 Å². The molecule has 122 valence electrons. The van der Waals surface area contributed by atoms with E-state index < -0.39 is 0 Å². The normalized spacial score (nSPS) is 13.1. The van der Waals surface area contributed by atoms with Gasteiger partial charge in [-0.05, 0) is 29.7 Å². The van der Waals surface area contributed by atoms with Crippen molar-refractivity contribution in [3.05, 3.63) is 77.6 Å². The Morgan fingerprint density at radius 1 is 1.12 bits per heavy atom. The molecule has 5 heteroatoms. The van der Waals surface area contributed by atoms with E-state index in [1.807, 2.05) is 18.2 Å². The Balaban J connectivity index is 1.76. The molecule has 0 spiro atoms. The molecule has 1 N–H and O–H groups in total. The lowest BCUT2D eigenvalue weighted by atomic mass is 10.00. The number of pyridine rings is 1. The number of benzene rings is 1. The van der Waals surface area contributed by atoms with Gasteiger partial charge in [-0.15, -0.1) is 6.58 Å². The molecule has 2 aromatic rings. The van der Waals surface area contributed by atoms with Gasteiger partial charge in [-0.3, -0.25) is 9.59 Å². The lowest BCUT2D eigenvalue weighted by Gasteiger charge is -2.28. The zero-order valence-corrected chi connectivity index (χ0v) is 13.4. The Labute approximate surface area is 141 Å². The molecule has 0 fully saturated rings. The lowest BCUT2D eigenvalue weighted by molar-refractivity contribution is 0.0728. The van der Waals surface area contributed by atoms with Crippen LogP contribution in [0.25, 0.3) is 0 Å². The Hall–Kier alpha value is -2.95. The summed E-state index contributed by atoms with van der Waals surface area (Å²) in [4.78, 5) is 30.7. The number of aromatic nitrogens is 1. The van der Waals surface area contributed by atoms with Gasteiger partial charge in [0, 0.05) is 19.6 Å². The Kier molecular flexibility index (Phi) is 4.70. The van der Waals surface area contributed by atoms with Gasteiger partial charge in [-0.25, -0.2) is 4.98 Å². The van der Waals surface area contributed by atoms with Crippen molar-refractivity contribution in [1.29, 1.82) is 0 Å². The van der Waals surface area contributed by atoms with Gasteiger partial charge in [0.05, 0.1) is 0 Å². The van der Waals surface area contributed by atoms with Gasteiger partial charge in [-0.1, -0.05) is 36.4 Å². The number of carbonyl (C=O) groups is 2. The van der Waals surface area contributed by atoms with E-state index in [0.717, 1.165) is 12.0 Å². The monoisotopic (exact) mass is 321 g/mol. The predicted molar refractivity (Wildman–Crippen MR) is 91.7 cm³/mol. The quantitative estimate of drug-likeness (QED) is 0.878.